The molecule has 0 bridgehead atoms. The van der Waals surface area contributed by atoms with Crippen LogP contribution in [0.2, 0.25) is 0 Å². The lowest BCUT2D eigenvalue weighted by molar-refractivity contribution is 0.314. The van der Waals surface area contributed by atoms with Gasteiger partial charge in [-0.15, -0.1) is 0 Å². The molecule has 7 nitrogen and oxygen atoms in total. The lowest BCUT2D eigenvalue weighted by Gasteiger charge is -2.19. The van der Waals surface area contributed by atoms with E-state index in [0.717, 1.165) is 11.8 Å². The predicted molar refractivity (Wildman–Crippen MR) is 137 cm³/mol. The van der Waals surface area contributed by atoms with Crippen LogP contribution in [0.25, 0.3) is 22.3 Å². The number of methoxy groups -OCH3 is 2. The van der Waals surface area contributed by atoms with Gasteiger partial charge in [0.25, 0.3) is 0 Å². The highest BCUT2D eigenvalue weighted by atomic mass is 32.2. The molecule has 1 N–H and O–H groups in total. The van der Waals surface area contributed by atoms with Crippen molar-refractivity contribution in [1.29, 1.82) is 0 Å². The molecule has 0 unspecified atom stereocenters. The van der Waals surface area contributed by atoms with Crippen molar-refractivity contribution in [2.45, 2.75) is 20.3 Å². The number of phenols is 1. The molecule has 0 fully saturated rings. The Balaban J connectivity index is 2.13. The number of ether oxygens (including phenoxy) is 3. The van der Waals surface area contributed by atoms with E-state index in [9.17, 15) is 17.9 Å². The number of hydrogen-bond acceptors (Lipinski definition) is 7. The summed E-state index contributed by atoms with van der Waals surface area (Å²) >= 11 is 0. The molecule has 9 heteroatoms. The second kappa shape index (κ2) is 11.3. The van der Waals surface area contributed by atoms with Crippen LogP contribution in [0.4, 0.5) is 4.39 Å². The van der Waals surface area contributed by atoms with Gasteiger partial charge in [-0.2, -0.15) is 8.42 Å². The third kappa shape index (κ3) is 6.48. The van der Waals surface area contributed by atoms with Crippen molar-refractivity contribution >= 4 is 10.1 Å². The van der Waals surface area contributed by atoms with Gasteiger partial charge < -0.3 is 23.5 Å². The number of benzene rings is 3. The number of hydrogen-bond donors (Lipinski definition) is 1. The topological polar surface area (TPSA) is 91.3 Å². The van der Waals surface area contributed by atoms with E-state index in [1.54, 1.807) is 30.3 Å². The highest BCUT2D eigenvalue weighted by molar-refractivity contribution is 7.86. The van der Waals surface area contributed by atoms with Crippen molar-refractivity contribution in [1.82, 2.24) is 0 Å². The van der Waals surface area contributed by atoms with Crippen LogP contribution in [0.5, 0.6) is 28.7 Å². The van der Waals surface area contributed by atoms with Crippen molar-refractivity contribution < 1.29 is 36.3 Å². The van der Waals surface area contributed by atoms with Crippen LogP contribution in [-0.4, -0.2) is 40.6 Å². The average molecular weight is 517 g/mol. The molecule has 0 aromatic heterocycles. The van der Waals surface area contributed by atoms with Gasteiger partial charge in [-0.05, 0) is 61.7 Å². The monoisotopic (exact) mass is 516 g/mol. The maximum Gasteiger partial charge on any atom is 0.306 e. The molecule has 3 aromatic rings. The van der Waals surface area contributed by atoms with Crippen molar-refractivity contribution in [2.75, 3.05) is 27.1 Å². The molecule has 3 rings (SSSR count). The summed E-state index contributed by atoms with van der Waals surface area (Å²) in [6, 6.07) is 12.1. The normalized spacial score (nSPS) is 11.1. The second-order valence-electron chi connectivity index (χ2n) is 8.26. The second-order valence-corrected chi connectivity index (χ2v) is 9.83. The van der Waals surface area contributed by atoms with Crippen molar-refractivity contribution in [3.8, 4) is 51.0 Å². The van der Waals surface area contributed by atoms with Gasteiger partial charge in [-0.25, -0.2) is 4.39 Å². The van der Waals surface area contributed by atoms with E-state index in [0.29, 0.717) is 29.7 Å². The minimum Gasteiger partial charge on any atom is -0.504 e. The Labute approximate surface area is 210 Å². The first-order chi connectivity index (χ1) is 17.0. The largest absolute Gasteiger partial charge is 0.504 e. The summed E-state index contributed by atoms with van der Waals surface area (Å²) in [5.74, 6) is 0.000841. The maximum absolute atomic E-state index is 13.4. The molecular weight excluding hydrogens is 487 g/mol. The molecule has 0 saturated carbocycles. The molecule has 36 heavy (non-hydrogen) atoms. The number of allylic oxidation sites excluding steroid dienone is 1. The number of phenolic OH excluding ortho intramolecular Hbond substituents is 1. The zero-order valence-corrected chi connectivity index (χ0v) is 21.6. The van der Waals surface area contributed by atoms with E-state index in [4.69, 9.17) is 18.4 Å². The first-order valence-electron chi connectivity index (χ1n) is 11.1. The SMILES string of the molecule is COc1cc(-c2ccc(F)cc2)c(OC)c(O)c1-c1ccc(OCCC=C(C)C)c(OS(C)(=O)=O)c1. The van der Waals surface area contributed by atoms with E-state index in [2.05, 4.69) is 0 Å². The third-order valence-corrected chi connectivity index (χ3v) is 5.68. The molecule has 0 aliphatic heterocycles. The summed E-state index contributed by atoms with van der Waals surface area (Å²) in [5.41, 5.74) is 2.90. The van der Waals surface area contributed by atoms with E-state index < -0.39 is 15.9 Å². The van der Waals surface area contributed by atoms with E-state index in [-0.39, 0.29) is 34.3 Å². The minimum atomic E-state index is -3.87. The number of aromatic hydroxyl groups is 1. The van der Waals surface area contributed by atoms with Gasteiger partial charge in [0.15, 0.2) is 23.0 Å². The molecule has 0 aliphatic carbocycles. The Morgan fingerprint density at radius 2 is 1.61 bits per heavy atom. The quantitative estimate of drug-likeness (QED) is 0.202. The van der Waals surface area contributed by atoms with Crippen LogP contribution in [0, 0.1) is 5.82 Å². The maximum atomic E-state index is 13.4. The van der Waals surface area contributed by atoms with E-state index >= 15 is 0 Å². The van der Waals surface area contributed by atoms with Gasteiger partial charge in [-0.1, -0.05) is 29.8 Å². The first-order valence-corrected chi connectivity index (χ1v) is 12.9. The molecule has 0 spiro atoms. The summed E-state index contributed by atoms with van der Waals surface area (Å²) in [4.78, 5) is 0. The Morgan fingerprint density at radius 3 is 2.19 bits per heavy atom. The van der Waals surface area contributed by atoms with Crippen LogP contribution in [0.3, 0.4) is 0 Å². The fourth-order valence-electron chi connectivity index (χ4n) is 3.64. The van der Waals surface area contributed by atoms with Crippen LogP contribution in [0.1, 0.15) is 20.3 Å². The highest BCUT2D eigenvalue weighted by Gasteiger charge is 2.23. The summed E-state index contributed by atoms with van der Waals surface area (Å²) < 4.78 is 59.3. The Bertz CT molecular complexity index is 1360. The summed E-state index contributed by atoms with van der Waals surface area (Å²) in [6.45, 7) is 4.27. The summed E-state index contributed by atoms with van der Waals surface area (Å²) in [6.07, 6.45) is 3.58. The Hall–Kier alpha value is -3.72. The molecule has 0 heterocycles. The summed E-state index contributed by atoms with van der Waals surface area (Å²) in [5, 5.41) is 11.2. The van der Waals surface area contributed by atoms with Crippen molar-refractivity contribution in [3.05, 3.63) is 66.0 Å². The Kier molecular flexibility index (Phi) is 8.47. The molecular formula is C27H29FO7S. The van der Waals surface area contributed by atoms with E-state index in [1.165, 1.54) is 32.4 Å². The lowest BCUT2D eigenvalue weighted by Crippen LogP contribution is -2.08. The summed E-state index contributed by atoms with van der Waals surface area (Å²) in [7, 11) is -1.03. The van der Waals surface area contributed by atoms with Gasteiger partial charge in [0.05, 0.1) is 32.6 Å². The van der Waals surface area contributed by atoms with Crippen LogP contribution in [0.15, 0.2) is 60.2 Å². The average Bonchev–Trinajstić information content (AvgIpc) is 2.81. The minimum absolute atomic E-state index is 0.0322. The van der Waals surface area contributed by atoms with Crippen LogP contribution >= 0.6 is 0 Å². The van der Waals surface area contributed by atoms with Crippen molar-refractivity contribution in [3.63, 3.8) is 0 Å². The first kappa shape index (κ1) is 26.9. The molecule has 192 valence electrons. The fourth-order valence-corrected chi connectivity index (χ4v) is 4.10. The molecule has 0 radical (unpaired) electrons. The molecule has 0 aliphatic rings. The van der Waals surface area contributed by atoms with Crippen LogP contribution < -0.4 is 18.4 Å². The Morgan fingerprint density at radius 1 is 0.944 bits per heavy atom. The number of rotatable bonds is 10. The highest BCUT2D eigenvalue weighted by Crippen LogP contribution is 2.50. The van der Waals surface area contributed by atoms with E-state index in [1.807, 2.05) is 19.9 Å². The molecule has 0 atom stereocenters. The molecule has 0 saturated heterocycles. The zero-order valence-electron chi connectivity index (χ0n) is 20.8. The van der Waals surface area contributed by atoms with Crippen molar-refractivity contribution in [2.24, 2.45) is 0 Å². The molecule has 3 aromatic carbocycles. The standard InChI is InChI=1S/C27H29FO7S/c1-17(2)7-6-14-34-22-13-10-19(15-23(22)35-36(5,30)31)25-24(32-3)16-21(27(33-4)26(25)29)18-8-11-20(28)12-9-18/h7-13,15-16,29H,6,14H2,1-5H3. The molecule has 0 amide bonds. The van der Waals surface area contributed by atoms with Gasteiger partial charge >= 0.3 is 10.1 Å². The smallest absolute Gasteiger partial charge is 0.306 e. The van der Waals surface area contributed by atoms with Crippen LogP contribution in [-0.2, 0) is 10.1 Å². The fraction of sp³-hybridized carbons (Fsp3) is 0.259. The van der Waals surface area contributed by atoms with Gasteiger partial charge in [-0.3, -0.25) is 0 Å². The van der Waals surface area contributed by atoms with Gasteiger partial charge in [0.1, 0.15) is 11.6 Å². The third-order valence-electron chi connectivity index (χ3n) is 5.20. The zero-order chi connectivity index (χ0) is 26.5. The lowest BCUT2D eigenvalue weighted by atomic mass is 9.96. The number of halogens is 1. The predicted octanol–water partition coefficient (Wildman–Crippen LogP) is 5.96. The van der Waals surface area contributed by atoms with Gasteiger partial charge in [0.2, 0.25) is 0 Å². The van der Waals surface area contributed by atoms with Gasteiger partial charge in [0, 0.05) is 5.56 Å².